The normalized spacial score (nSPS) is 11.7. The fourth-order valence-electron chi connectivity index (χ4n) is 1.52. The van der Waals surface area contributed by atoms with Crippen molar-refractivity contribution in [2.75, 3.05) is 6.54 Å². The number of hydrogen-bond donors (Lipinski definition) is 1. The largest absolute Gasteiger partial charge is 0.328 e. The van der Waals surface area contributed by atoms with Crippen molar-refractivity contribution < 1.29 is 0 Å². The van der Waals surface area contributed by atoms with Gasteiger partial charge >= 0.3 is 0 Å². The van der Waals surface area contributed by atoms with Crippen molar-refractivity contribution in [1.29, 1.82) is 0 Å². The molecule has 0 unspecified atom stereocenters. The maximum atomic E-state index is 5.73. The fraction of sp³-hybridized carbons (Fsp3) is 0.308. The van der Waals surface area contributed by atoms with E-state index in [2.05, 4.69) is 31.1 Å². The molecule has 3 heteroatoms. The molecule has 0 spiro atoms. The molecule has 0 atom stereocenters. The van der Waals surface area contributed by atoms with Crippen molar-refractivity contribution in [3.05, 3.63) is 42.6 Å². The number of rotatable bonds is 3. The van der Waals surface area contributed by atoms with E-state index in [1.807, 2.05) is 35.1 Å². The Hall–Kier alpha value is -1.61. The maximum absolute atomic E-state index is 5.73. The van der Waals surface area contributed by atoms with Crippen LogP contribution < -0.4 is 5.73 Å². The van der Waals surface area contributed by atoms with E-state index in [1.54, 1.807) is 0 Å². The Bertz CT molecular complexity index is 457. The van der Waals surface area contributed by atoms with Crippen LogP contribution in [0.3, 0.4) is 0 Å². The molecule has 0 amide bonds. The van der Waals surface area contributed by atoms with E-state index < -0.39 is 0 Å². The van der Waals surface area contributed by atoms with Gasteiger partial charge < -0.3 is 5.73 Å². The first-order valence-electron chi connectivity index (χ1n) is 5.45. The van der Waals surface area contributed by atoms with Gasteiger partial charge in [0.2, 0.25) is 0 Å². The van der Waals surface area contributed by atoms with Gasteiger partial charge in [-0.05, 0) is 19.9 Å². The van der Waals surface area contributed by atoms with Crippen LogP contribution in [-0.4, -0.2) is 16.3 Å². The maximum Gasteiger partial charge on any atom is 0.0923 e. The average molecular weight is 215 g/mol. The predicted octanol–water partition coefficient (Wildman–Crippen LogP) is 2.24. The molecule has 2 N–H and O–H groups in total. The van der Waals surface area contributed by atoms with Crippen molar-refractivity contribution in [3.8, 4) is 11.3 Å². The summed E-state index contributed by atoms with van der Waals surface area (Å²) < 4.78 is 1.93. The topological polar surface area (TPSA) is 43.8 Å². The minimum atomic E-state index is -0.132. The Morgan fingerprint density at radius 3 is 2.50 bits per heavy atom. The second-order valence-electron chi connectivity index (χ2n) is 4.53. The lowest BCUT2D eigenvalue weighted by molar-refractivity contribution is 0.331. The molecule has 0 bridgehead atoms. The summed E-state index contributed by atoms with van der Waals surface area (Å²) in [7, 11) is 0. The first kappa shape index (κ1) is 10.9. The Kier molecular flexibility index (Phi) is 2.79. The van der Waals surface area contributed by atoms with E-state index in [-0.39, 0.29) is 5.54 Å². The average Bonchev–Trinajstić information content (AvgIpc) is 2.80. The number of hydrogen-bond acceptors (Lipinski definition) is 2. The second kappa shape index (κ2) is 4.10. The number of nitrogens with zero attached hydrogens (tertiary/aromatic N) is 2. The highest BCUT2D eigenvalue weighted by molar-refractivity contribution is 5.58. The molecule has 1 aromatic heterocycles. The van der Waals surface area contributed by atoms with Crippen molar-refractivity contribution in [3.63, 3.8) is 0 Å². The Morgan fingerprint density at radius 1 is 1.19 bits per heavy atom. The third-order valence-corrected chi connectivity index (χ3v) is 2.78. The molecule has 1 heterocycles. The highest BCUT2D eigenvalue weighted by atomic mass is 15.3. The molecular weight excluding hydrogens is 198 g/mol. The van der Waals surface area contributed by atoms with Gasteiger partial charge in [-0.25, -0.2) is 0 Å². The molecule has 16 heavy (non-hydrogen) atoms. The molecule has 0 saturated heterocycles. The Balaban J connectivity index is 2.34. The predicted molar refractivity (Wildman–Crippen MR) is 66.0 cm³/mol. The van der Waals surface area contributed by atoms with E-state index in [1.165, 1.54) is 0 Å². The zero-order valence-electron chi connectivity index (χ0n) is 9.72. The molecule has 2 aromatic rings. The van der Waals surface area contributed by atoms with Crippen LogP contribution in [0.25, 0.3) is 11.3 Å². The molecule has 0 aliphatic rings. The minimum Gasteiger partial charge on any atom is -0.328 e. The molecule has 2 rings (SSSR count). The zero-order valence-corrected chi connectivity index (χ0v) is 9.72. The fourth-order valence-corrected chi connectivity index (χ4v) is 1.52. The summed E-state index contributed by atoms with van der Waals surface area (Å²) in [5.74, 6) is 0. The number of nitrogens with two attached hydrogens (primary N) is 1. The lowest BCUT2D eigenvalue weighted by atomic mass is 10.1. The molecule has 3 nitrogen and oxygen atoms in total. The van der Waals surface area contributed by atoms with Crippen LogP contribution in [-0.2, 0) is 5.54 Å². The third kappa shape index (κ3) is 1.99. The molecule has 0 aliphatic heterocycles. The van der Waals surface area contributed by atoms with Crippen LogP contribution in [0, 0.1) is 0 Å². The molecule has 0 saturated carbocycles. The van der Waals surface area contributed by atoms with Crippen LogP contribution in [0.15, 0.2) is 42.6 Å². The van der Waals surface area contributed by atoms with Crippen molar-refractivity contribution in [2.45, 2.75) is 19.4 Å². The zero-order chi connectivity index (χ0) is 11.6. The number of aromatic nitrogens is 2. The van der Waals surface area contributed by atoms with Crippen molar-refractivity contribution in [1.82, 2.24) is 9.78 Å². The van der Waals surface area contributed by atoms with Crippen molar-refractivity contribution >= 4 is 0 Å². The summed E-state index contributed by atoms with van der Waals surface area (Å²) in [6.07, 6.45) is 1.98. The summed E-state index contributed by atoms with van der Waals surface area (Å²) in [6, 6.07) is 12.2. The summed E-state index contributed by atoms with van der Waals surface area (Å²) in [6.45, 7) is 4.73. The minimum absolute atomic E-state index is 0.132. The molecule has 0 radical (unpaired) electrons. The van der Waals surface area contributed by atoms with Crippen molar-refractivity contribution in [2.24, 2.45) is 5.73 Å². The van der Waals surface area contributed by atoms with Crippen LogP contribution in [0.2, 0.25) is 0 Å². The van der Waals surface area contributed by atoms with Gasteiger partial charge in [-0.15, -0.1) is 0 Å². The Labute approximate surface area is 95.9 Å². The summed E-state index contributed by atoms with van der Waals surface area (Å²) in [5.41, 5.74) is 7.71. The highest BCUT2D eigenvalue weighted by Crippen LogP contribution is 2.19. The van der Waals surface area contributed by atoms with Gasteiger partial charge in [-0.1, -0.05) is 30.3 Å². The van der Waals surface area contributed by atoms with Crippen LogP contribution in [0.4, 0.5) is 0 Å². The van der Waals surface area contributed by atoms with Crippen LogP contribution in [0.1, 0.15) is 13.8 Å². The number of benzene rings is 1. The summed E-state index contributed by atoms with van der Waals surface area (Å²) in [4.78, 5) is 0. The first-order chi connectivity index (χ1) is 7.63. The second-order valence-corrected chi connectivity index (χ2v) is 4.53. The molecule has 0 aliphatic carbocycles. The molecule has 84 valence electrons. The van der Waals surface area contributed by atoms with Crippen LogP contribution in [0.5, 0.6) is 0 Å². The van der Waals surface area contributed by atoms with E-state index in [4.69, 9.17) is 5.73 Å². The standard InChI is InChI=1S/C13H17N3/c1-13(2,10-14)16-9-8-12(15-16)11-6-4-3-5-7-11/h3-9H,10,14H2,1-2H3. The smallest absolute Gasteiger partial charge is 0.0923 e. The Morgan fingerprint density at radius 2 is 1.88 bits per heavy atom. The van der Waals surface area contributed by atoms with Gasteiger partial charge in [0.1, 0.15) is 0 Å². The lowest BCUT2D eigenvalue weighted by Crippen LogP contribution is -2.35. The quantitative estimate of drug-likeness (QED) is 0.853. The van der Waals surface area contributed by atoms with E-state index >= 15 is 0 Å². The van der Waals surface area contributed by atoms with Gasteiger partial charge in [-0.3, -0.25) is 4.68 Å². The summed E-state index contributed by atoms with van der Waals surface area (Å²) >= 11 is 0. The molecular formula is C13H17N3. The highest BCUT2D eigenvalue weighted by Gasteiger charge is 2.18. The monoisotopic (exact) mass is 215 g/mol. The van der Waals surface area contributed by atoms with E-state index in [9.17, 15) is 0 Å². The van der Waals surface area contributed by atoms with Gasteiger partial charge in [0, 0.05) is 18.3 Å². The third-order valence-electron chi connectivity index (χ3n) is 2.78. The van der Waals surface area contributed by atoms with Crippen LogP contribution >= 0.6 is 0 Å². The first-order valence-corrected chi connectivity index (χ1v) is 5.45. The summed E-state index contributed by atoms with van der Waals surface area (Å²) in [5, 5.41) is 4.56. The molecule has 0 fully saturated rings. The molecule has 1 aromatic carbocycles. The van der Waals surface area contributed by atoms with Gasteiger partial charge in [0.05, 0.1) is 11.2 Å². The van der Waals surface area contributed by atoms with Gasteiger partial charge in [0.15, 0.2) is 0 Å². The van der Waals surface area contributed by atoms with E-state index in [0.717, 1.165) is 11.3 Å². The van der Waals surface area contributed by atoms with Gasteiger partial charge in [-0.2, -0.15) is 5.10 Å². The van der Waals surface area contributed by atoms with E-state index in [0.29, 0.717) is 6.54 Å². The van der Waals surface area contributed by atoms with Gasteiger partial charge in [0.25, 0.3) is 0 Å². The SMILES string of the molecule is CC(C)(CN)n1ccc(-c2ccccc2)n1. The lowest BCUT2D eigenvalue weighted by Gasteiger charge is -2.22.